The molecule has 172 valence electrons. The molecule has 0 radical (unpaired) electrons. The van der Waals surface area contributed by atoms with E-state index in [-0.39, 0.29) is 6.61 Å². The Morgan fingerprint density at radius 3 is 1.64 bits per heavy atom. The van der Waals surface area contributed by atoms with Gasteiger partial charge in [0.2, 0.25) is 5.79 Å². The third-order valence-electron chi connectivity index (χ3n) is 5.95. The largest absolute Gasteiger partial charge is 0.368 e. The van der Waals surface area contributed by atoms with Gasteiger partial charge in [0.25, 0.3) is 0 Å². The average molecular weight is 449 g/mol. The SMILES string of the molecule is O[C@@]12CO[C@@H](O1)[C@H](OCc1ccccc1)[C@@H](OCc1ccccc1)[C@@H]2OCc1ccccc1. The van der Waals surface area contributed by atoms with Crippen molar-refractivity contribution in [1.29, 1.82) is 0 Å². The summed E-state index contributed by atoms with van der Waals surface area (Å²) in [6.07, 6.45) is -2.70. The molecule has 0 spiro atoms. The molecule has 5 rings (SSSR count). The zero-order valence-electron chi connectivity index (χ0n) is 18.3. The van der Waals surface area contributed by atoms with Gasteiger partial charge in [-0.25, -0.2) is 0 Å². The highest BCUT2D eigenvalue weighted by atomic mass is 16.8. The molecule has 0 saturated carbocycles. The molecule has 2 bridgehead atoms. The Labute approximate surface area is 193 Å². The van der Waals surface area contributed by atoms with E-state index in [1.54, 1.807) is 0 Å². The normalized spacial score (nSPS) is 28.6. The maximum absolute atomic E-state index is 11.2. The van der Waals surface area contributed by atoms with Crippen LogP contribution in [-0.2, 0) is 43.5 Å². The zero-order chi connectivity index (χ0) is 22.5. The summed E-state index contributed by atoms with van der Waals surface area (Å²) in [6.45, 7) is 1.01. The second-order valence-corrected chi connectivity index (χ2v) is 8.38. The Kier molecular flexibility index (Phi) is 6.83. The van der Waals surface area contributed by atoms with Crippen LogP contribution in [0.1, 0.15) is 16.7 Å². The highest BCUT2D eigenvalue weighted by Crippen LogP contribution is 2.40. The van der Waals surface area contributed by atoms with Gasteiger partial charge >= 0.3 is 0 Å². The minimum atomic E-state index is -1.60. The summed E-state index contributed by atoms with van der Waals surface area (Å²) < 4.78 is 30.5. The number of ether oxygens (including phenoxy) is 5. The third-order valence-corrected chi connectivity index (χ3v) is 5.95. The van der Waals surface area contributed by atoms with E-state index in [4.69, 9.17) is 23.7 Å². The van der Waals surface area contributed by atoms with E-state index >= 15 is 0 Å². The van der Waals surface area contributed by atoms with Crippen molar-refractivity contribution in [1.82, 2.24) is 0 Å². The lowest BCUT2D eigenvalue weighted by molar-refractivity contribution is -0.345. The standard InChI is InChI=1S/C27H28O6/c28-27-19-32-26(33-27)24(30-17-21-12-6-2-7-13-21)23(29-16-20-10-4-1-5-11-20)25(27)31-18-22-14-8-3-9-15-22/h1-15,23-26,28H,16-19H2/t23-,24-,25+,26+,27+/m1/s1. The van der Waals surface area contributed by atoms with E-state index in [2.05, 4.69) is 0 Å². The van der Waals surface area contributed by atoms with Crippen LogP contribution in [0.3, 0.4) is 0 Å². The molecule has 2 heterocycles. The molecule has 0 aliphatic carbocycles. The van der Waals surface area contributed by atoms with Gasteiger partial charge in [-0.3, -0.25) is 0 Å². The van der Waals surface area contributed by atoms with Gasteiger partial charge in [-0.1, -0.05) is 91.0 Å². The van der Waals surface area contributed by atoms with Gasteiger partial charge in [-0.15, -0.1) is 0 Å². The van der Waals surface area contributed by atoms with Gasteiger partial charge < -0.3 is 28.8 Å². The van der Waals surface area contributed by atoms with E-state index < -0.39 is 30.4 Å². The molecule has 0 unspecified atom stereocenters. The Hall–Kier alpha value is -2.58. The molecule has 2 aliphatic rings. The van der Waals surface area contributed by atoms with Crippen molar-refractivity contribution in [3.05, 3.63) is 108 Å². The van der Waals surface area contributed by atoms with Crippen molar-refractivity contribution < 1.29 is 28.8 Å². The Morgan fingerprint density at radius 1 is 0.667 bits per heavy atom. The number of fused-ring (bicyclic) bond motifs is 2. The molecule has 3 aromatic carbocycles. The van der Waals surface area contributed by atoms with Crippen molar-refractivity contribution in [2.24, 2.45) is 0 Å². The Balaban J connectivity index is 1.37. The topological polar surface area (TPSA) is 66.4 Å². The summed E-state index contributed by atoms with van der Waals surface area (Å²) in [6, 6.07) is 29.6. The van der Waals surface area contributed by atoms with E-state index in [0.717, 1.165) is 16.7 Å². The summed E-state index contributed by atoms with van der Waals surface area (Å²) in [5.41, 5.74) is 3.04. The average Bonchev–Trinajstić information content (AvgIpc) is 3.22. The van der Waals surface area contributed by atoms with Crippen LogP contribution in [0, 0.1) is 0 Å². The van der Waals surface area contributed by atoms with Crippen LogP contribution in [0.15, 0.2) is 91.0 Å². The molecule has 5 atom stereocenters. The molecule has 2 fully saturated rings. The van der Waals surface area contributed by atoms with Gasteiger partial charge in [-0.2, -0.15) is 0 Å². The summed E-state index contributed by atoms with van der Waals surface area (Å²) in [4.78, 5) is 0. The van der Waals surface area contributed by atoms with Gasteiger partial charge in [0.05, 0.1) is 19.8 Å². The summed E-state index contributed by atoms with van der Waals surface area (Å²) >= 11 is 0. The second kappa shape index (κ2) is 10.1. The third kappa shape index (κ3) is 5.17. The van der Waals surface area contributed by atoms with Crippen LogP contribution in [0.25, 0.3) is 0 Å². The molecule has 0 amide bonds. The monoisotopic (exact) mass is 448 g/mol. The van der Waals surface area contributed by atoms with E-state index in [1.807, 2.05) is 91.0 Å². The van der Waals surface area contributed by atoms with Crippen LogP contribution in [-0.4, -0.2) is 42.1 Å². The fourth-order valence-corrected chi connectivity index (χ4v) is 4.24. The molecule has 6 nitrogen and oxygen atoms in total. The van der Waals surface area contributed by atoms with Gasteiger partial charge in [0.1, 0.15) is 24.9 Å². The van der Waals surface area contributed by atoms with Crippen molar-refractivity contribution in [2.45, 2.75) is 50.2 Å². The smallest absolute Gasteiger partial charge is 0.221 e. The molecule has 3 aromatic rings. The lowest BCUT2D eigenvalue weighted by atomic mass is 9.97. The zero-order valence-corrected chi connectivity index (χ0v) is 18.3. The summed E-state index contributed by atoms with van der Waals surface area (Å²) in [7, 11) is 0. The van der Waals surface area contributed by atoms with Gasteiger partial charge in [-0.05, 0) is 16.7 Å². The van der Waals surface area contributed by atoms with Gasteiger partial charge in [0, 0.05) is 0 Å². The van der Waals surface area contributed by atoms with Crippen LogP contribution in [0.2, 0.25) is 0 Å². The first-order valence-corrected chi connectivity index (χ1v) is 11.2. The fourth-order valence-electron chi connectivity index (χ4n) is 4.24. The first-order valence-electron chi connectivity index (χ1n) is 11.2. The minimum absolute atomic E-state index is 0.00643. The van der Waals surface area contributed by atoms with Crippen LogP contribution >= 0.6 is 0 Å². The quantitative estimate of drug-likeness (QED) is 0.537. The number of hydrogen-bond donors (Lipinski definition) is 1. The lowest BCUT2D eigenvalue weighted by Gasteiger charge is -2.43. The number of rotatable bonds is 9. The van der Waals surface area contributed by atoms with Crippen molar-refractivity contribution in [3.63, 3.8) is 0 Å². The number of hydrogen-bond acceptors (Lipinski definition) is 6. The van der Waals surface area contributed by atoms with E-state index in [1.165, 1.54) is 0 Å². The highest BCUT2D eigenvalue weighted by molar-refractivity contribution is 5.16. The fraction of sp³-hybridized carbons (Fsp3) is 0.333. The lowest BCUT2D eigenvalue weighted by Crippen LogP contribution is -2.63. The Morgan fingerprint density at radius 2 is 1.12 bits per heavy atom. The van der Waals surface area contributed by atoms with Crippen LogP contribution in [0.4, 0.5) is 0 Å². The van der Waals surface area contributed by atoms with Crippen molar-refractivity contribution in [2.75, 3.05) is 6.61 Å². The van der Waals surface area contributed by atoms with Gasteiger partial charge in [0.15, 0.2) is 6.29 Å². The molecular weight excluding hydrogens is 420 g/mol. The maximum atomic E-state index is 11.2. The first-order chi connectivity index (χ1) is 16.2. The Bertz CT molecular complexity index is 999. The molecule has 2 aliphatic heterocycles. The first kappa shape index (κ1) is 22.2. The predicted octanol–water partition coefficient (Wildman–Crippen LogP) is 3.82. The number of benzene rings is 3. The maximum Gasteiger partial charge on any atom is 0.221 e. The molecular formula is C27H28O6. The second-order valence-electron chi connectivity index (χ2n) is 8.38. The molecule has 33 heavy (non-hydrogen) atoms. The van der Waals surface area contributed by atoms with E-state index in [9.17, 15) is 5.11 Å². The van der Waals surface area contributed by atoms with Crippen LogP contribution < -0.4 is 0 Å². The predicted molar refractivity (Wildman–Crippen MR) is 121 cm³/mol. The summed E-state index contributed by atoms with van der Waals surface area (Å²) in [5, 5.41) is 11.2. The molecule has 6 heteroatoms. The molecule has 0 aromatic heterocycles. The highest BCUT2D eigenvalue weighted by Gasteiger charge is 2.61. The van der Waals surface area contributed by atoms with E-state index in [0.29, 0.717) is 19.8 Å². The van der Waals surface area contributed by atoms with Crippen LogP contribution in [0.5, 0.6) is 0 Å². The summed E-state index contributed by atoms with van der Waals surface area (Å²) in [5.74, 6) is -1.60. The number of aliphatic hydroxyl groups is 1. The minimum Gasteiger partial charge on any atom is -0.368 e. The molecule has 1 N–H and O–H groups in total. The van der Waals surface area contributed by atoms with Crippen molar-refractivity contribution in [3.8, 4) is 0 Å². The molecule has 2 saturated heterocycles. The van der Waals surface area contributed by atoms with Crippen molar-refractivity contribution >= 4 is 0 Å².